The standard InChI is InChI=1S/C25H31N5O2S/c1-17-21-23(33-22(17)25(32)27(2)3)26-16-30(24(21)31)15-12-28-10-13-29(14-11-28)20-9-5-7-18-6-4-8-19(18)20/h5,7,9,16H,4,6,8,10-15H2,1-3H3. The molecule has 1 saturated heterocycles. The maximum atomic E-state index is 13.2. The van der Waals surface area contributed by atoms with Crippen molar-refractivity contribution >= 4 is 33.1 Å². The summed E-state index contributed by atoms with van der Waals surface area (Å²) in [5.41, 5.74) is 5.19. The van der Waals surface area contributed by atoms with Crippen LogP contribution >= 0.6 is 11.3 Å². The van der Waals surface area contributed by atoms with Crippen molar-refractivity contribution in [3.05, 3.63) is 56.4 Å². The van der Waals surface area contributed by atoms with Crippen LogP contribution in [0.4, 0.5) is 5.69 Å². The largest absolute Gasteiger partial charge is 0.369 e. The van der Waals surface area contributed by atoms with Gasteiger partial charge in [0.2, 0.25) is 0 Å². The Kier molecular flexibility index (Phi) is 5.97. The number of rotatable bonds is 5. The Balaban J connectivity index is 1.25. The van der Waals surface area contributed by atoms with Gasteiger partial charge in [-0.15, -0.1) is 11.3 Å². The summed E-state index contributed by atoms with van der Waals surface area (Å²) in [6, 6.07) is 6.75. The Morgan fingerprint density at radius 3 is 2.67 bits per heavy atom. The van der Waals surface area contributed by atoms with Gasteiger partial charge in [-0.25, -0.2) is 4.98 Å². The molecule has 1 amide bonds. The second-order valence-corrected chi connectivity index (χ2v) is 10.3. The summed E-state index contributed by atoms with van der Waals surface area (Å²) in [5, 5.41) is 0.579. The van der Waals surface area contributed by atoms with Crippen LogP contribution in [0.3, 0.4) is 0 Å². The molecule has 2 aromatic heterocycles. The van der Waals surface area contributed by atoms with E-state index in [2.05, 4.69) is 33.0 Å². The van der Waals surface area contributed by atoms with E-state index in [0.717, 1.165) is 38.3 Å². The minimum atomic E-state index is -0.0802. The molecule has 5 rings (SSSR count). The molecule has 174 valence electrons. The molecule has 1 aromatic carbocycles. The summed E-state index contributed by atoms with van der Waals surface area (Å²) in [7, 11) is 3.45. The van der Waals surface area contributed by atoms with Crippen molar-refractivity contribution in [2.45, 2.75) is 32.7 Å². The molecule has 8 heteroatoms. The van der Waals surface area contributed by atoms with Crippen LogP contribution in [-0.4, -0.2) is 72.1 Å². The van der Waals surface area contributed by atoms with Gasteiger partial charge in [-0.05, 0) is 48.9 Å². The van der Waals surface area contributed by atoms with Crippen LogP contribution in [0.25, 0.3) is 10.2 Å². The van der Waals surface area contributed by atoms with Gasteiger partial charge in [-0.1, -0.05) is 12.1 Å². The van der Waals surface area contributed by atoms with E-state index < -0.39 is 0 Å². The maximum absolute atomic E-state index is 13.2. The van der Waals surface area contributed by atoms with Crippen LogP contribution in [0, 0.1) is 6.92 Å². The van der Waals surface area contributed by atoms with E-state index in [-0.39, 0.29) is 11.5 Å². The number of aromatic nitrogens is 2. The average molecular weight is 466 g/mol. The van der Waals surface area contributed by atoms with Crippen LogP contribution in [-0.2, 0) is 19.4 Å². The first-order valence-corrected chi connectivity index (χ1v) is 12.5. The van der Waals surface area contributed by atoms with Gasteiger partial charge in [0.15, 0.2) is 0 Å². The lowest BCUT2D eigenvalue weighted by Gasteiger charge is -2.37. The van der Waals surface area contributed by atoms with Gasteiger partial charge in [0.1, 0.15) is 4.83 Å². The van der Waals surface area contributed by atoms with E-state index >= 15 is 0 Å². The molecule has 0 radical (unpaired) electrons. The number of aryl methyl sites for hydroxylation is 2. The second kappa shape index (κ2) is 8.91. The van der Waals surface area contributed by atoms with Gasteiger partial charge in [-0.3, -0.25) is 19.1 Å². The lowest BCUT2D eigenvalue weighted by atomic mass is 10.1. The van der Waals surface area contributed by atoms with Crippen molar-refractivity contribution in [2.75, 3.05) is 51.7 Å². The summed E-state index contributed by atoms with van der Waals surface area (Å²) in [4.78, 5) is 37.8. The maximum Gasteiger partial charge on any atom is 0.263 e. The quantitative estimate of drug-likeness (QED) is 0.580. The van der Waals surface area contributed by atoms with E-state index in [9.17, 15) is 9.59 Å². The fourth-order valence-electron chi connectivity index (χ4n) is 5.08. The highest BCUT2D eigenvalue weighted by Gasteiger charge is 2.23. The predicted molar refractivity (Wildman–Crippen MR) is 134 cm³/mol. The molecule has 2 aliphatic rings. The molecular weight excluding hydrogens is 434 g/mol. The molecule has 0 unspecified atom stereocenters. The molecule has 3 heterocycles. The smallest absolute Gasteiger partial charge is 0.263 e. The molecule has 1 aliphatic carbocycles. The number of piperazine rings is 1. The van der Waals surface area contributed by atoms with Crippen LogP contribution in [0.1, 0.15) is 32.8 Å². The van der Waals surface area contributed by atoms with Crippen molar-refractivity contribution in [1.29, 1.82) is 0 Å². The fourth-order valence-corrected chi connectivity index (χ4v) is 6.24. The summed E-state index contributed by atoms with van der Waals surface area (Å²) in [6.45, 7) is 7.29. The highest BCUT2D eigenvalue weighted by atomic mass is 32.1. The van der Waals surface area contributed by atoms with E-state index in [0.29, 0.717) is 21.6 Å². The molecular formula is C25H31N5O2S. The number of carbonyl (C=O) groups is 1. The van der Waals surface area contributed by atoms with Crippen molar-refractivity contribution < 1.29 is 4.79 Å². The van der Waals surface area contributed by atoms with Gasteiger partial charge in [0.05, 0.1) is 16.6 Å². The van der Waals surface area contributed by atoms with Gasteiger partial charge in [-0.2, -0.15) is 0 Å². The first-order valence-electron chi connectivity index (χ1n) is 11.7. The van der Waals surface area contributed by atoms with Crippen LogP contribution < -0.4 is 10.5 Å². The number of benzene rings is 1. The minimum Gasteiger partial charge on any atom is -0.369 e. The monoisotopic (exact) mass is 465 g/mol. The van der Waals surface area contributed by atoms with Gasteiger partial charge in [0.25, 0.3) is 11.5 Å². The zero-order valence-corrected chi connectivity index (χ0v) is 20.5. The van der Waals surface area contributed by atoms with Crippen molar-refractivity contribution in [3.63, 3.8) is 0 Å². The van der Waals surface area contributed by atoms with Crippen LogP contribution in [0.5, 0.6) is 0 Å². The van der Waals surface area contributed by atoms with Crippen LogP contribution in [0.15, 0.2) is 29.3 Å². The molecule has 1 aliphatic heterocycles. The number of thiophene rings is 1. The molecule has 0 atom stereocenters. The van der Waals surface area contributed by atoms with Gasteiger partial charge >= 0.3 is 0 Å². The first-order chi connectivity index (χ1) is 15.9. The lowest BCUT2D eigenvalue weighted by Crippen LogP contribution is -2.47. The molecule has 0 N–H and O–H groups in total. The van der Waals surface area contributed by atoms with Gasteiger partial charge in [0, 0.05) is 59.1 Å². The SMILES string of the molecule is Cc1c(C(=O)N(C)C)sc2ncn(CCN3CCN(c4cccc5c4CCC5)CC3)c(=O)c12. The molecule has 33 heavy (non-hydrogen) atoms. The zero-order chi connectivity index (χ0) is 23.1. The van der Waals surface area contributed by atoms with Crippen LogP contribution in [0.2, 0.25) is 0 Å². The first kappa shape index (κ1) is 22.1. The number of carbonyl (C=O) groups excluding carboxylic acids is 1. The Morgan fingerprint density at radius 1 is 1.12 bits per heavy atom. The number of nitrogens with zero attached hydrogens (tertiary/aromatic N) is 5. The molecule has 3 aromatic rings. The number of amides is 1. The number of hydrogen-bond acceptors (Lipinski definition) is 6. The van der Waals surface area contributed by atoms with Crippen molar-refractivity contribution in [3.8, 4) is 0 Å². The number of hydrogen-bond donors (Lipinski definition) is 0. The number of anilines is 1. The van der Waals surface area contributed by atoms with Gasteiger partial charge < -0.3 is 9.80 Å². The average Bonchev–Trinajstić information content (AvgIpc) is 3.43. The summed E-state index contributed by atoms with van der Waals surface area (Å²) >= 11 is 1.30. The molecule has 1 fully saturated rings. The highest BCUT2D eigenvalue weighted by Crippen LogP contribution is 2.32. The third kappa shape index (κ3) is 4.06. The Bertz CT molecular complexity index is 1250. The molecule has 7 nitrogen and oxygen atoms in total. The summed E-state index contributed by atoms with van der Waals surface area (Å²) in [5.74, 6) is -0.0802. The third-order valence-corrected chi connectivity index (χ3v) is 8.20. The summed E-state index contributed by atoms with van der Waals surface area (Å²) < 4.78 is 1.70. The molecule has 0 saturated carbocycles. The highest BCUT2D eigenvalue weighted by molar-refractivity contribution is 7.20. The minimum absolute atomic E-state index is 0.0509. The fraction of sp³-hybridized carbons (Fsp3) is 0.480. The second-order valence-electron chi connectivity index (χ2n) is 9.28. The number of fused-ring (bicyclic) bond motifs is 2. The molecule has 0 bridgehead atoms. The predicted octanol–water partition coefficient (Wildman–Crippen LogP) is 2.78. The van der Waals surface area contributed by atoms with E-state index in [1.165, 1.54) is 41.9 Å². The van der Waals surface area contributed by atoms with E-state index in [1.54, 1.807) is 35.5 Å². The normalized spacial score (nSPS) is 16.4. The Morgan fingerprint density at radius 2 is 1.91 bits per heavy atom. The molecule has 0 spiro atoms. The van der Waals surface area contributed by atoms with Crippen molar-refractivity contribution in [2.24, 2.45) is 0 Å². The zero-order valence-electron chi connectivity index (χ0n) is 19.6. The Labute approximate surface area is 198 Å². The lowest BCUT2D eigenvalue weighted by molar-refractivity contribution is 0.0831. The van der Waals surface area contributed by atoms with E-state index in [1.807, 2.05) is 6.92 Å². The topological polar surface area (TPSA) is 61.7 Å². The Hall–Kier alpha value is -2.71. The third-order valence-electron chi connectivity index (χ3n) is 7.01. The van der Waals surface area contributed by atoms with E-state index in [4.69, 9.17) is 0 Å². The summed E-state index contributed by atoms with van der Waals surface area (Å²) in [6.07, 6.45) is 5.32. The van der Waals surface area contributed by atoms with Crippen molar-refractivity contribution in [1.82, 2.24) is 19.4 Å².